The first-order valence-corrected chi connectivity index (χ1v) is 11.3. The molecular weight excluding hydrogens is 446 g/mol. The molecule has 2 N–H and O–H groups in total. The van der Waals surface area contributed by atoms with Gasteiger partial charge in [-0.15, -0.1) is 0 Å². The zero-order chi connectivity index (χ0) is 24.9. The van der Waals surface area contributed by atoms with Gasteiger partial charge in [0.05, 0.1) is 11.0 Å². The fourth-order valence-electron chi connectivity index (χ4n) is 4.28. The molecule has 0 aliphatic carbocycles. The van der Waals surface area contributed by atoms with Crippen molar-refractivity contribution >= 4 is 34.6 Å². The number of para-hydroxylation sites is 3. The molecule has 1 aliphatic heterocycles. The second kappa shape index (κ2) is 10.3. The maximum Gasteiger partial charge on any atom is 0.313 e. The summed E-state index contributed by atoms with van der Waals surface area (Å²) >= 11 is 0. The summed E-state index contributed by atoms with van der Waals surface area (Å²) in [7, 11) is 3.94. The summed E-state index contributed by atoms with van der Waals surface area (Å²) in [5.74, 6) is -1.81. The van der Waals surface area contributed by atoms with Crippen molar-refractivity contribution in [2.45, 2.75) is 12.5 Å². The van der Waals surface area contributed by atoms with Gasteiger partial charge in [0.1, 0.15) is 5.69 Å². The van der Waals surface area contributed by atoms with Gasteiger partial charge in [-0.3, -0.25) is 19.7 Å². The number of hydrogen-bond acceptors (Lipinski definition) is 6. The third kappa shape index (κ3) is 5.24. The van der Waals surface area contributed by atoms with E-state index in [0.29, 0.717) is 0 Å². The van der Waals surface area contributed by atoms with E-state index in [2.05, 4.69) is 27.7 Å². The van der Waals surface area contributed by atoms with E-state index >= 15 is 0 Å². The standard InChI is InChI=1S/C26H27N5O4/c1-29(2)20-13-11-19(12-14-20)24(30-16-15-18-7-3-5-9-22(18)30)17-27-25(32)26(33)28-21-8-4-6-10-23(21)31(34)35/h3-14,24H,15-17H2,1-2H3,(H,27,32)(H,28,33). The molecule has 180 valence electrons. The van der Waals surface area contributed by atoms with E-state index < -0.39 is 16.7 Å². The molecule has 0 saturated heterocycles. The number of carbonyl (C=O) groups is 2. The lowest BCUT2D eigenvalue weighted by atomic mass is 10.0. The van der Waals surface area contributed by atoms with Gasteiger partial charge in [0.15, 0.2) is 0 Å². The van der Waals surface area contributed by atoms with Crippen LogP contribution in [-0.4, -0.2) is 43.9 Å². The zero-order valence-electron chi connectivity index (χ0n) is 19.6. The first-order valence-electron chi connectivity index (χ1n) is 11.3. The van der Waals surface area contributed by atoms with Crippen LogP contribution in [0.1, 0.15) is 17.2 Å². The average molecular weight is 474 g/mol. The molecule has 0 saturated carbocycles. The molecule has 9 nitrogen and oxygen atoms in total. The van der Waals surface area contributed by atoms with Gasteiger partial charge in [0, 0.05) is 44.6 Å². The second-order valence-electron chi connectivity index (χ2n) is 8.51. The van der Waals surface area contributed by atoms with E-state index in [9.17, 15) is 19.7 Å². The van der Waals surface area contributed by atoms with Crippen LogP contribution in [0.3, 0.4) is 0 Å². The molecule has 1 unspecified atom stereocenters. The Kier molecular flexibility index (Phi) is 6.96. The minimum Gasteiger partial charge on any atom is -0.378 e. The summed E-state index contributed by atoms with van der Waals surface area (Å²) in [5, 5.41) is 16.3. The van der Waals surface area contributed by atoms with Gasteiger partial charge in [-0.05, 0) is 41.8 Å². The number of rotatable bonds is 7. The number of amides is 2. The number of fused-ring (bicyclic) bond motifs is 1. The predicted octanol–water partition coefficient (Wildman–Crippen LogP) is 3.52. The molecule has 2 amide bonds. The first kappa shape index (κ1) is 23.7. The number of nitrogens with one attached hydrogen (secondary N) is 2. The van der Waals surface area contributed by atoms with Crippen LogP contribution >= 0.6 is 0 Å². The minimum absolute atomic E-state index is 0.0260. The lowest BCUT2D eigenvalue weighted by molar-refractivity contribution is -0.383. The number of carbonyl (C=O) groups excluding carboxylic acids is 2. The van der Waals surface area contributed by atoms with Crippen LogP contribution in [0.4, 0.5) is 22.7 Å². The Morgan fingerprint density at radius 3 is 2.40 bits per heavy atom. The maximum atomic E-state index is 12.7. The van der Waals surface area contributed by atoms with Gasteiger partial charge in [-0.25, -0.2) is 0 Å². The van der Waals surface area contributed by atoms with E-state index in [1.165, 1.54) is 23.8 Å². The van der Waals surface area contributed by atoms with Crippen LogP contribution in [0.5, 0.6) is 0 Å². The Hall–Kier alpha value is -4.40. The largest absolute Gasteiger partial charge is 0.378 e. The SMILES string of the molecule is CN(C)c1ccc(C(CNC(=O)C(=O)Nc2ccccc2[N+](=O)[O-])N2CCc3ccccc32)cc1. The van der Waals surface area contributed by atoms with Gasteiger partial charge in [-0.1, -0.05) is 42.5 Å². The van der Waals surface area contributed by atoms with Gasteiger partial charge in [-0.2, -0.15) is 0 Å². The fraction of sp³-hybridized carbons (Fsp3) is 0.231. The van der Waals surface area contributed by atoms with E-state index in [0.717, 1.165) is 29.9 Å². The zero-order valence-corrected chi connectivity index (χ0v) is 19.6. The molecule has 0 aromatic heterocycles. The molecule has 3 aromatic carbocycles. The Labute approximate surface area is 203 Å². The van der Waals surface area contributed by atoms with E-state index in [-0.39, 0.29) is 24.0 Å². The van der Waals surface area contributed by atoms with Crippen molar-refractivity contribution in [1.82, 2.24) is 5.32 Å². The summed E-state index contributed by atoms with van der Waals surface area (Å²) in [4.78, 5) is 40.0. The van der Waals surface area contributed by atoms with Crippen LogP contribution in [0.25, 0.3) is 0 Å². The van der Waals surface area contributed by atoms with Crippen LogP contribution < -0.4 is 20.4 Å². The van der Waals surface area contributed by atoms with Crippen molar-refractivity contribution < 1.29 is 14.5 Å². The Balaban J connectivity index is 1.52. The lowest BCUT2D eigenvalue weighted by Crippen LogP contribution is -2.41. The quantitative estimate of drug-likeness (QED) is 0.309. The van der Waals surface area contributed by atoms with E-state index in [1.807, 2.05) is 55.4 Å². The molecule has 1 heterocycles. The number of anilines is 3. The first-order chi connectivity index (χ1) is 16.8. The van der Waals surface area contributed by atoms with Crippen LogP contribution in [0.2, 0.25) is 0 Å². The van der Waals surface area contributed by atoms with Gasteiger partial charge in [0.2, 0.25) is 0 Å². The normalized spacial score (nSPS) is 13.0. The monoisotopic (exact) mass is 473 g/mol. The van der Waals surface area contributed by atoms with Gasteiger partial charge < -0.3 is 20.4 Å². The van der Waals surface area contributed by atoms with Crippen LogP contribution in [-0.2, 0) is 16.0 Å². The summed E-state index contributed by atoms with van der Waals surface area (Å²) in [6, 6.07) is 21.8. The number of benzene rings is 3. The third-order valence-electron chi connectivity index (χ3n) is 6.10. The summed E-state index contributed by atoms with van der Waals surface area (Å²) in [6.07, 6.45) is 0.897. The van der Waals surface area contributed by atoms with Crippen molar-refractivity contribution in [3.63, 3.8) is 0 Å². The molecule has 9 heteroatoms. The number of nitrogens with zero attached hydrogens (tertiary/aromatic N) is 3. The summed E-state index contributed by atoms with van der Waals surface area (Å²) in [6.45, 7) is 0.983. The molecular formula is C26H27N5O4. The third-order valence-corrected chi connectivity index (χ3v) is 6.10. The van der Waals surface area contributed by atoms with Crippen molar-refractivity contribution in [3.8, 4) is 0 Å². The average Bonchev–Trinajstić information content (AvgIpc) is 3.28. The summed E-state index contributed by atoms with van der Waals surface area (Å²) in [5.41, 5.74) is 4.10. The molecule has 0 spiro atoms. The highest BCUT2D eigenvalue weighted by atomic mass is 16.6. The Bertz CT molecular complexity index is 1240. The molecule has 0 fully saturated rings. The Morgan fingerprint density at radius 1 is 1.00 bits per heavy atom. The Morgan fingerprint density at radius 2 is 1.69 bits per heavy atom. The molecule has 35 heavy (non-hydrogen) atoms. The molecule has 3 aromatic rings. The van der Waals surface area contributed by atoms with Crippen LogP contribution in [0, 0.1) is 10.1 Å². The van der Waals surface area contributed by atoms with Crippen molar-refractivity contribution in [1.29, 1.82) is 0 Å². The van der Waals surface area contributed by atoms with Gasteiger partial charge in [0.25, 0.3) is 5.69 Å². The van der Waals surface area contributed by atoms with E-state index in [4.69, 9.17) is 0 Å². The van der Waals surface area contributed by atoms with Crippen LogP contribution in [0.15, 0.2) is 72.8 Å². The van der Waals surface area contributed by atoms with Crippen molar-refractivity contribution in [2.75, 3.05) is 42.3 Å². The fourth-order valence-corrected chi connectivity index (χ4v) is 4.28. The number of nitro groups is 1. The molecule has 1 aliphatic rings. The molecule has 4 rings (SSSR count). The molecule has 1 atom stereocenters. The second-order valence-corrected chi connectivity index (χ2v) is 8.51. The number of nitro benzene ring substituents is 1. The van der Waals surface area contributed by atoms with Crippen molar-refractivity contribution in [2.24, 2.45) is 0 Å². The smallest absolute Gasteiger partial charge is 0.313 e. The summed E-state index contributed by atoms with van der Waals surface area (Å²) < 4.78 is 0. The number of hydrogen-bond donors (Lipinski definition) is 2. The minimum atomic E-state index is -0.956. The molecule has 0 bridgehead atoms. The highest BCUT2D eigenvalue weighted by Crippen LogP contribution is 2.35. The highest BCUT2D eigenvalue weighted by molar-refractivity contribution is 6.39. The lowest BCUT2D eigenvalue weighted by Gasteiger charge is -2.31. The topological polar surface area (TPSA) is 108 Å². The van der Waals surface area contributed by atoms with Crippen molar-refractivity contribution in [3.05, 3.63) is 94.0 Å². The van der Waals surface area contributed by atoms with E-state index in [1.54, 1.807) is 6.07 Å². The predicted molar refractivity (Wildman–Crippen MR) is 136 cm³/mol. The maximum absolute atomic E-state index is 12.7. The molecule has 0 radical (unpaired) electrons. The van der Waals surface area contributed by atoms with Gasteiger partial charge >= 0.3 is 11.8 Å². The highest BCUT2D eigenvalue weighted by Gasteiger charge is 2.28.